The van der Waals surface area contributed by atoms with Gasteiger partial charge in [-0.1, -0.05) is 0 Å². The number of carbonyl (C=O) groups is 1. The Labute approximate surface area is 88.1 Å². The number of rotatable bonds is 1. The summed E-state index contributed by atoms with van der Waals surface area (Å²) < 4.78 is 2.09. The van der Waals surface area contributed by atoms with Crippen molar-refractivity contribution < 1.29 is 4.79 Å². The summed E-state index contributed by atoms with van der Waals surface area (Å²) in [7, 11) is 0. The number of aromatic nitrogens is 2. The van der Waals surface area contributed by atoms with Crippen molar-refractivity contribution in [3.05, 3.63) is 17.0 Å². The third-order valence-corrected chi connectivity index (χ3v) is 3.19. The molecule has 2 aliphatic heterocycles. The van der Waals surface area contributed by atoms with Gasteiger partial charge in [-0.05, 0) is 0 Å². The minimum atomic E-state index is 0.732. The summed E-state index contributed by atoms with van der Waals surface area (Å²) in [6, 6.07) is 0. The average Bonchev–Trinajstić information content (AvgIpc) is 2.66. The molecule has 0 spiro atoms. The van der Waals surface area contributed by atoms with Gasteiger partial charge in [-0.2, -0.15) is 5.10 Å². The van der Waals surface area contributed by atoms with E-state index in [0.717, 1.165) is 45.6 Å². The van der Waals surface area contributed by atoms with Gasteiger partial charge in [-0.25, -0.2) is 0 Å². The van der Waals surface area contributed by atoms with E-state index in [4.69, 9.17) is 0 Å². The number of hydrogen-bond acceptors (Lipinski definition) is 3. The van der Waals surface area contributed by atoms with Crippen molar-refractivity contribution in [3.8, 4) is 0 Å². The fourth-order valence-electron chi connectivity index (χ4n) is 2.37. The molecule has 0 aliphatic carbocycles. The highest BCUT2D eigenvalue weighted by Gasteiger charge is 2.24. The molecule has 3 rings (SSSR count). The van der Waals surface area contributed by atoms with E-state index in [2.05, 4.69) is 15.1 Å². The van der Waals surface area contributed by atoms with Crippen LogP contribution in [-0.2, 0) is 30.8 Å². The molecule has 3 heterocycles. The largest absolute Gasteiger partial charge is 0.340 e. The van der Waals surface area contributed by atoms with Gasteiger partial charge >= 0.3 is 0 Å². The number of nitrogens with one attached hydrogen (secondary N) is 1. The number of carbonyl (C=O) groups excluding carboxylic acids is 1. The molecule has 0 saturated carbocycles. The van der Waals surface area contributed by atoms with Gasteiger partial charge < -0.3 is 10.2 Å². The fraction of sp³-hybridized carbons (Fsp3) is 0.600. The first kappa shape index (κ1) is 8.91. The van der Waals surface area contributed by atoms with Crippen LogP contribution in [0, 0.1) is 0 Å². The molecular weight excluding hydrogens is 192 g/mol. The zero-order chi connectivity index (χ0) is 10.3. The second kappa shape index (κ2) is 3.34. The van der Waals surface area contributed by atoms with Gasteiger partial charge in [-0.3, -0.25) is 9.48 Å². The number of nitrogens with zero attached hydrogens (tertiary/aromatic N) is 3. The van der Waals surface area contributed by atoms with Crippen LogP contribution in [0.4, 0.5) is 0 Å². The van der Waals surface area contributed by atoms with E-state index in [1.807, 2.05) is 4.90 Å². The predicted molar refractivity (Wildman–Crippen MR) is 54.1 cm³/mol. The lowest BCUT2D eigenvalue weighted by molar-refractivity contribution is -0.118. The van der Waals surface area contributed by atoms with Crippen LogP contribution in [0.1, 0.15) is 17.0 Å². The van der Waals surface area contributed by atoms with Gasteiger partial charge in [0, 0.05) is 38.2 Å². The van der Waals surface area contributed by atoms with E-state index in [1.165, 1.54) is 17.0 Å². The van der Waals surface area contributed by atoms with Crippen LogP contribution in [0.5, 0.6) is 0 Å². The highest BCUT2D eigenvalue weighted by atomic mass is 16.1. The Kier molecular flexibility index (Phi) is 1.98. The monoisotopic (exact) mass is 206 g/mol. The molecule has 1 N–H and O–H groups in total. The summed E-state index contributed by atoms with van der Waals surface area (Å²) in [5.74, 6) is 0. The molecule has 1 aromatic heterocycles. The molecule has 1 aromatic rings. The first-order chi connectivity index (χ1) is 7.38. The molecule has 1 amide bonds. The average molecular weight is 206 g/mol. The zero-order valence-corrected chi connectivity index (χ0v) is 8.57. The van der Waals surface area contributed by atoms with Crippen LogP contribution in [0.15, 0.2) is 0 Å². The summed E-state index contributed by atoms with van der Waals surface area (Å²) in [5.41, 5.74) is 3.72. The molecule has 0 atom stereocenters. The highest BCUT2D eigenvalue weighted by molar-refractivity contribution is 5.49. The molecule has 0 aromatic carbocycles. The lowest BCUT2D eigenvalue weighted by Crippen LogP contribution is -2.31. The Bertz CT molecular complexity index is 398. The van der Waals surface area contributed by atoms with Crippen LogP contribution >= 0.6 is 0 Å². The van der Waals surface area contributed by atoms with E-state index in [1.54, 1.807) is 0 Å². The summed E-state index contributed by atoms with van der Waals surface area (Å²) in [6.45, 7) is 4.36. The van der Waals surface area contributed by atoms with Gasteiger partial charge in [0.1, 0.15) is 0 Å². The molecule has 2 aliphatic rings. The van der Waals surface area contributed by atoms with Crippen molar-refractivity contribution >= 4 is 6.41 Å². The third kappa shape index (κ3) is 1.34. The minimum absolute atomic E-state index is 0.732. The maximum Gasteiger partial charge on any atom is 0.210 e. The van der Waals surface area contributed by atoms with Crippen molar-refractivity contribution in [2.45, 2.75) is 26.1 Å². The Hall–Kier alpha value is -1.36. The SMILES string of the molecule is O=CN1CCc2nn3c(c2C1)CNCC3. The topological polar surface area (TPSA) is 50.2 Å². The van der Waals surface area contributed by atoms with E-state index >= 15 is 0 Å². The Balaban J connectivity index is 2.00. The molecule has 0 bridgehead atoms. The molecule has 15 heavy (non-hydrogen) atoms. The molecule has 0 saturated heterocycles. The number of fused-ring (bicyclic) bond motifs is 3. The summed E-state index contributed by atoms with van der Waals surface area (Å²) >= 11 is 0. The van der Waals surface area contributed by atoms with E-state index in [9.17, 15) is 4.79 Å². The maximum atomic E-state index is 10.7. The minimum Gasteiger partial charge on any atom is -0.340 e. The smallest absolute Gasteiger partial charge is 0.210 e. The van der Waals surface area contributed by atoms with Gasteiger partial charge in [0.2, 0.25) is 6.41 Å². The van der Waals surface area contributed by atoms with Gasteiger partial charge in [0.15, 0.2) is 0 Å². The van der Waals surface area contributed by atoms with Crippen LogP contribution in [-0.4, -0.2) is 34.2 Å². The molecule has 0 radical (unpaired) electrons. The summed E-state index contributed by atoms with van der Waals surface area (Å²) in [4.78, 5) is 12.6. The number of hydrogen-bond donors (Lipinski definition) is 1. The molecule has 0 fully saturated rings. The first-order valence-electron chi connectivity index (χ1n) is 5.36. The Morgan fingerprint density at radius 1 is 1.40 bits per heavy atom. The van der Waals surface area contributed by atoms with Gasteiger partial charge in [0.25, 0.3) is 0 Å². The van der Waals surface area contributed by atoms with Crippen LogP contribution in [0.25, 0.3) is 0 Å². The second-order valence-electron chi connectivity index (χ2n) is 4.10. The molecule has 5 nitrogen and oxygen atoms in total. The Morgan fingerprint density at radius 3 is 3.20 bits per heavy atom. The lowest BCUT2D eigenvalue weighted by Gasteiger charge is -2.23. The van der Waals surface area contributed by atoms with Gasteiger partial charge in [0.05, 0.1) is 17.9 Å². The van der Waals surface area contributed by atoms with Crippen LogP contribution < -0.4 is 5.32 Å². The zero-order valence-electron chi connectivity index (χ0n) is 8.57. The number of amides is 1. The molecule has 5 heteroatoms. The predicted octanol–water partition coefficient (Wildman–Crippen LogP) is -0.499. The van der Waals surface area contributed by atoms with Crippen molar-refractivity contribution in [1.82, 2.24) is 20.0 Å². The van der Waals surface area contributed by atoms with Crippen molar-refractivity contribution in [1.29, 1.82) is 0 Å². The van der Waals surface area contributed by atoms with Crippen molar-refractivity contribution in [2.75, 3.05) is 13.1 Å². The van der Waals surface area contributed by atoms with Crippen molar-refractivity contribution in [2.24, 2.45) is 0 Å². The van der Waals surface area contributed by atoms with Crippen LogP contribution in [0.2, 0.25) is 0 Å². The fourth-order valence-corrected chi connectivity index (χ4v) is 2.37. The summed E-state index contributed by atoms with van der Waals surface area (Å²) in [6.07, 6.45) is 1.83. The normalized spacial score (nSPS) is 19.6. The lowest BCUT2D eigenvalue weighted by atomic mass is 10.1. The second-order valence-corrected chi connectivity index (χ2v) is 4.10. The highest BCUT2D eigenvalue weighted by Crippen LogP contribution is 2.22. The van der Waals surface area contributed by atoms with E-state index in [0.29, 0.717) is 0 Å². The third-order valence-electron chi connectivity index (χ3n) is 3.19. The van der Waals surface area contributed by atoms with Crippen LogP contribution in [0.3, 0.4) is 0 Å². The summed E-state index contributed by atoms with van der Waals surface area (Å²) in [5, 5.41) is 7.94. The Morgan fingerprint density at radius 2 is 2.33 bits per heavy atom. The first-order valence-corrected chi connectivity index (χ1v) is 5.36. The van der Waals surface area contributed by atoms with E-state index < -0.39 is 0 Å². The maximum absolute atomic E-state index is 10.7. The molecule has 0 unspecified atom stereocenters. The molecule has 80 valence electrons. The quantitative estimate of drug-likeness (QED) is 0.630. The van der Waals surface area contributed by atoms with Gasteiger partial charge in [-0.15, -0.1) is 0 Å². The van der Waals surface area contributed by atoms with E-state index in [-0.39, 0.29) is 0 Å². The molecular formula is C10H14N4O. The standard InChI is InChI=1S/C10H14N4O/c15-7-13-3-1-9-8(6-13)10-5-11-2-4-14(10)12-9/h7,11H,1-6H2. The van der Waals surface area contributed by atoms with Crippen molar-refractivity contribution in [3.63, 3.8) is 0 Å².